The van der Waals surface area contributed by atoms with Crippen molar-refractivity contribution in [3.8, 4) is 0 Å². The highest BCUT2D eigenvalue weighted by atomic mass is 32.2. The van der Waals surface area contributed by atoms with Crippen molar-refractivity contribution >= 4 is 10.2 Å². The van der Waals surface area contributed by atoms with Crippen LogP contribution in [-0.4, -0.2) is 46.6 Å². The molecule has 1 saturated heterocycles. The van der Waals surface area contributed by atoms with Crippen molar-refractivity contribution in [2.24, 2.45) is 0 Å². The molecular formula is C13H22N4O2S. The molecule has 2 rings (SSSR count). The number of hydrogen-bond acceptors (Lipinski definition) is 4. The SMILES string of the molecule is CCN(CC)S(=O)(=O)N1CCC[C@@H]1c1cncc(C)n1. The van der Waals surface area contributed by atoms with Crippen LogP contribution in [0.3, 0.4) is 0 Å². The smallest absolute Gasteiger partial charge is 0.261 e. The van der Waals surface area contributed by atoms with E-state index >= 15 is 0 Å². The van der Waals surface area contributed by atoms with E-state index in [9.17, 15) is 8.42 Å². The van der Waals surface area contributed by atoms with Crippen LogP contribution in [0.15, 0.2) is 12.4 Å². The number of hydrogen-bond donors (Lipinski definition) is 0. The molecule has 1 aliphatic rings. The molecule has 1 fully saturated rings. The maximum absolute atomic E-state index is 12.7. The first-order chi connectivity index (χ1) is 9.50. The van der Waals surface area contributed by atoms with Gasteiger partial charge < -0.3 is 0 Å². The molecule has 0 unspecified atom stereocenters. The van der Waals surface area contributed by atoms with Crippen molar-refractivity contribution < 1.29 is 8.42 Å². The Balaban J connectivity index is 2.32. The lowest BCUT2D eigenvalue weighted by molar-refractivity contribution is 0.334. The van der Waals surface area contributed by atoms with E-state index in [4.69, 9.17) is 0 Å². The van der Waals surface area contributed by atoms with Gasteiger partial charge in [0.1, 0.15) is 0 Å². The van der Waals surface area contributed by atoms with Gasteiger partial charge in [-0.3, -0.25) is 9.97 Å². The number of nitrogens with zero attached hydrogens (tertiary/aromatic N) is 4. The van der Waals surface area contributed by atoms with E-state index in [2.05, 4.69) is 9.97 Å². The van der Waals surface area contributed by atoms with E-state index in [0.29, 0.717) is 19.6 Å². The Hall–Kier alpha value is -1.05. The van der Waals surface area contributed by atoms with Crippen molar-refractivity contribution in [3.63, 3.8) is 0 Å². The van der Waals surface area contributed by atoms with Crippen LogP contribution >= 0.6 is 0 Å². The van der Waals surface area contributed by atoms with Gasteiger partial charge in [0.2, 0.25) is 0 Å². The first-order valence-electron chi connectivity index (χ1n) is 7.06. The van der Waals surface area contributed by atoms with Crippen molar-refractivity contribution in [2.75, 3.05) is 19.6 Å². The van der Waals surface area contributed by atoms with E-state index in [1.165, 1.54) is 4.31 Å². The topological polar surface area (TPSA) is 66.4 Å². The molecule has 0 radical (unpaired) electrons. The van der Waals surface area contributed by atoms with E-state index in [0.717, 1.165) is 24.2 Å². The summed E-state index contributed by atoms with van der Waals surface area (Å²) < 4.78 is 28.4. The molecule has 7 heteroatoms. The molecule has 0 N–H and O–H groups in total. The standard InChI is InChI=1S/C13H22N4O2S/c1-4-16(5-2)20(18,19)17-8-6-7-13(17)12-10-14-9-11(3)15-12/h9-10,13H,4-8H2,1-3H3/t13-/m1/s1. The van der Waals surface area contributed by atoms with Gasteiger partial charge in [0.05, 0.1) is 23.6 Å². The number of aromatic nitrogens is 2. The Labute approximate surface area is 121 Å². The lowest BCUT2D eigenvalue weighted by Crippen LogP contribution is -2.43. The van der Waals surface area contributed by atoms with Gasteiger partial charge in [0.15, 0.2) is 0 Å². The van der Waals surface area contributed by atoms with Crippen LogP contribution in [-0.2, 0) is 10.2 Å². The summed E-state index contributed by atoms with van der Waals surface area (Å²) in [6.45, 7) is 7.12. The van der Waals surface area contributed by atoms with Crippen LogP contribution in [0.25, 0.3) is 0 Å². The van der Waals surface area contributed by atoms with Crippen molar-refractivity contribution in [1.29, 1.82) is 0 Å². The van der Waals surface area contributed by atoms with Crippen LogP contribution in [0.4, 0.5) is 0 Å². The fourth-order valence-electron chi connectivity index (χ4n) is 2.65. The fraction of sp³-hybridized carbons (Fsp3) is 0.692. The minimum Gasteiger partial charge on any atom is -0.261 e. The summed E-state index contributed by atoms with van der Waals surface area (Å²) in [5.41, 5.74) is 1.56. The third-order valence-corrected chi connectivity index (χ3v) is 5.85. The molecule has 20 heavy (non-hydrogen) atoms. The second-order valence-electron chi connectivity index (χ2n) is 4.95. The monoisotopic (exact) mass is 298 g/mol. The molecule has 0 aliphatic carbocycles. The quantitative estimate of drug-likeness (QED) is 0.826. The van der Waals surface area contributed by atoms with Crippen LogP contribution in [0, 0.1) is 6.92 Å². The molecule has 0 aromatic carbocycles. The third kappa shape index (κ3) is 2.84. The van der Waals surface area contributed by atoms with E-state index in [-0.39, 0.29) is 6.04 Å². The highest BCUT2D eigenvalue weighted by Gasteiger charge is 2.38. The highest BCUT2D eigenvalue weighted by Crippen LogP contribution is 2.34. The Morgan fingerprint density at radius 3 is 2.65 bits per heavy atom. The summed E-state index contributed by atoms with van der Waals surface area (Å²) in [5.74, 6) is 0. The zero-order valence-electron chi connectivity index (χ0n) is 12.3. The van der Waals surface area contributed by atoms with Gasteiger partial charge in [-0.15, -0.1) is 0 Å². The first kappa shape index (κ1) is 15.3. The summed E-state index contributed by atoms with van der Waals surface area (Å²) in [6.07, 6.45) is 5.02. The van der Waals surface area contributed by atoms with Crippen molar-refractivity contribution in [2.45, 2.75) is 39.7 Å². The van der Waals surface area contributed by atoms with Crippen LogP contribution in [0.2, 0.25) is 0 Å². The molecule has 1 atom stereocenters. The van der Waals surface area contributed by atoms with Gasteiger partial charge in [-0.25, -0.2) is 0 Å². The maximum atomic E-state index is 12.7. The molecule has 6 nitrogen and oxygen atoms in total. The molecule has 2 heterocycles. The Kier molecular flexibility index (Phi) is 4.72. The molecular weight excluding hydrogens is 276 g/mol. The minimum absolute atomic E-state index is 0.187. The van der Waals surface area contributed by atoms with Gasteiger partial charge in [-0.1, -0.05) is 13.8 Å². The average Bonchev–Trinajstić information content (AvgIpc) is 2.89. The summed E-state index contributed by atoms with van der Waals surface area (Å²) in [5, 5.41) is 0. The second kappa shape index (κ2) is 6.15. The predicted molar refractivity (Wildman–Crippen MR) is 77.3 cm³/mol. The molecule has 1 aromatic heterocycles. The summed E-state index contributed by atoms with van der Waals surface area (Å²) in [7, 11) is -3.41. The van der Waals surface area contributed by atoms with Crippen LogP contribution < -0.4 is 0 Å². The zero-order valence-corrected chi connectivity index (χ0v) is 13.1. The molecule has 1 aliphatic heterocycles. The lowest BCUT2D eigenvalue weighted by atomic mass is 10.2. The molecule has 0 spiro atoms. The molecule has 0 amide bonds. The Morgan fingerprint density at radius 1 is 1.35 bits per heavy atom. The van der Waals surface area contributed by atoms with Crippen molar-refractivity contribution in [3.05, 3.63) is 23.8 Å². The van der Waals surface area contributed by atoms with E-state index in [1.54, 1.807) is 16.7 Å². The first-order valence-corrected chi connectivity index (χ1v) is 8.45. The van der Waals surface area contributed by atoms with Gasteiger partial charge >= 0.3 is 0 Å². The maximum Gasteiger partial charge on any atom is 0.282 e. The normalized spacial score (nSPS) is 20.7. The summed E-state index contributed by atoms with van der Waals surface area (Å²) >= 11 is 0. The van der Waals surface area contributed by atoms with Gasteiger partial charge in [-0.2, -0.15) is 17.0 Å². The largest absolute Gasteiger partial charge is 0.282 e. The average molecular weight is 298 g/mol. The highest BCUT2D eigenvalue weighted by molar-refractivity contribution is 7.86. The second-order valence-corrected chi connectivity index (χ2v) is 6.83. The Bertz CT molecular complexity index is 557. The number of rotatable bonds is 5. The van der Waals surface area contributed by atoms with Crippen LogP contribution in [0.5, 0.6) is 0 Å². The van der Waals surface area contributed by atoms with E-state index < -0.39 is 10.2 Å². The summed E-state index contributed by atoms with van der Waals surface area (Å²) in [4.78, 5) is 8.58. The third-order valence-electron chi connectivity index (χ3n) is 3.65. The minimum atomic E-state index is -3.41. The van der Waals surface area contributed by atoms with Crippen LogP contribution in [0.1, 0.15) is 44.1 Å². The molecule has 112 valence electrons. The van der Waals surface area contributed by atoms with E-state index in [1.807, 2.05) is 20.8 Å². The molecule has 1 aromatic rings. The molecule has 0 saturated carbocycles. The fourth-order valence-corrected chi connectivity index (χ4v) is 4.50. The lowest BCUT2D eigenvalue weighted by Gasteiger charge is -2.29. The predicted octanol–water partition coefficient (Wildman–Crippen LogP) is 1.51. The van der Waals surface area contributed by atoms with Gasteiger partial charge in [0, 0.05) is 25.8 Å². The number of aryl methyl sites for hydroxylation is 1. The molecule has 0 bridgehead atoms. The van der Waals surface area contributed by atoms with Gasteiger partial charge in [-0.05, 0) is 19.8 Å². The summed E-state index contributed by atoms with van der Waals surface area (Å²) in [6, 6.07) is -0.187. The van der Waals surface area contributed by atoms with Crippen molar-refractivity contribution in [1.82, 2.24) is 18.6 Å². The zero-order chi connectivity index (χ0) is 14.8. The van der Waals surface area contributed by atoms with Gasteiger partial charge in [0.25, 0.3) is 10.2 Å². The Morgan fingerprint density at radius 2 is 2.05 bits per heavy atom.